The Kier molecular flexibility index (Phi) is 9.51. The molecular weight excluding hydrogens is 232 g/mol. The minimum absolute atomic E-state index is 0.574. The molecule has 0 aromatic heterocycles. The molecule has 0 saturated heterocycles. The lowest BCUT2D eigenvalue weighted by atomic mass is 9.88. The van der Waals surface area contributed by atoms with E-state index in [2.05, 4.69) is 56.5 Å². The summed E-state index contributed by atoms with van der Waals surface area (Å²) in [4.78, 5) is 4.12. The van der Waals surface area contributed by atoms with E-state index in [0.717, 1.165) is 12.3 Å². The zero-order valence-corrected chi connectivity index (χ0v) is 12.9. The first kappa shape index (κ1) is 17.4. The van der Waals surface area contributed by atoms with Crippen molar-refractivity contribution in [1.82, 2.24) is 5.32 Å². The van der Waals surface area contributed by atoms with Gasteiger partial charge in [-0.3, -0.25) is 0 Å². The van der Waals surface area contributed by atoms with Crippen molar-refractivity contribution in [3.8, 4) is 0 Å². The van der Waals surface area contributed by atoms with Gasteiger partial charge in [0.25, 0.3) is 0 Å². The van der Waals surface area contributed by atoms with E-state index in [0.29, 0.717) is 5.92 Å². The van der Waals surface area contributed by atoms with E-state index in [4.69, 9.17) is 0 Å². The molecule has 1 atom stereocenters. The first-order valence-electron chi connectivity index (χ1n) is 7.02. The van der Waals surface area contributed by atoms with Crippen molar-refractivity contribution in [2.75, 3.05) is 0 Å². The van der Waals surface area contributed by atoms with Crippen molar-refractivity contribution in [2.45, 2.75) is 47.0 Å². The Hall–Kier alpha value is -1.57. The average molecular weight is 260 g/mol. The number of nitrogens with zero attached hydrogens (tertiary/aromatic N) is 1. The molecule has 0 aliphatic rings. The van der Waals surface area contributed by atoms with Gasteiger partial charge in [0.15, 0.2) is 0 Å². The average Bonchev–Trinajstić information content (AvgIpc) is 2.38. The summed E-state index contributed by atoms with van der Waals surface area (Å²) in [5.74, 6) is 1.43. The van der Waals surface area contributed by atoms with Gasteiger partial charge in [-0.25, -0.2) is 4.99 Å². The van der Waals surface area contributed by atoms with E-state index in [-0.39, 0.29) is 0 Å². The maximum atomic E-state index is 4.12. The van der Waals surface area contributed by atoms with Crippen LogP contribution >= 0.6 is 0 Å². The van der Waals surface area contributed by atoms with E-state index in [1.165, 1.54) is 24.0 Å². The maximum Gasteiger partial charge on any atom is 0.102 e. The van der Waals surface area contributed by atoms with Crippen LogP contribution in [0.4, 0.5) is 0 Å². The SMILES string of the molecule is C=C/C=C(C)/C(=C\N/C(C)=N/C=C)C(CC)CCC. The minimum Gasteiger partial charge on any atom is -0.350 e. The summed E-state index contributed by atoms with van der Waals surface area (Å²) >= 11 is 0. The summed E-state index contributed by atoms with van der Waals surface area (Å²) in [7, 11) is 0. The van der Waals surface area contributed by atoms with Crippen LogP contribution in [0.3, 0.4) is 0 Å². The van der Waals surface area contributed by atoms with Crippen molar-refractivity contribution in [2.24, 2.45) is 10.9 Å². The quantitative estimate of drug-likeness (QED) is 0.371. The maximum absolute atomic E-state index is 4.12. The van der Waals surface area contributed by atoms with Crippen molar-refractivity contribution < 1.29 is 0 Å². The smallest absolute Gasteiger partial charge is 0.102 e. The van der Waals surface area contributed by atoms with Crippen molar-refractivity contribution in [1.29, 1.82) is 0 Å². The van der Waals surface area contributed by atoms with Crippen molar-refractivity contribution in [3.63, 3.8) is 0 Å². The van der Waals surface area contributed by atoms with Gasteiger partial charge in [-0.05, 0) is 43.8 Å². The van der Waals surface area contributed by atoms with Gasteiger partial charge in [-0.1, -0.05) is 45.6 Å². The molecule has 0 aliphatic heterocycles. The van der Waals surface area contributed by atoms with Crippen LogP contribution in [-0.2, 0) is 0 Å². The van der Waals surface area contributed by atoms with Crippen LogP contribution in [0.15, 0.2) is 53.8 Å². The predicted octanol–water partition coefficient (Wildman–Crippen LogP) is 4.98. The first-order chi connectivity index (χ1) is 9.10. The van der Waals surface area contributed by atoms with Crippen LogP contribution in [-0.4, -0.2) is 5.84 Å². The van der Waals surface area contributed by atoms with Gasteiger partial charge in [0, 0.05) is 12.4 Å². The number of hydrogen-bond acceptors (Lipinski definition) is 1. The molecule has 106 valence electrons. The molecule has 0 bridgehead atoms. The van der Waals surface area contributed by atoms with E-state index < -0.39 is 0 Å². The zero-order valence-electron chi connectivity index (χ0n) is 12.9. The molecular formula is C17H28N2. The molecule has 0 aromatic carbocycles. The summed E-state index contributed by atoms with van der Waals surface area (Å²) < 4.78 is 0. The van der Waals surface area contributed by atoms with E-state index in [1.807, 2.05) is 13.0 Å². The molecule has 0 radical (unpaired) electrons. The third-order valence-corrected chi connectivity index (χ3v) is 3.11. The zero-order chi connectivity index (χ0) is 14.7. The summed E-state index contributed by atoms with van der Waals surface area (Å²) in [6.45, 7) is 15.9. The lowest BCUT2D eigenvalue weighted by molar-refractivity contribution is 0.537. The molecule has 0 aromatic rings. The summed E-state index contributed by atoms with van der Waals surface area (Å²) in [6, 6.07) is 0. The fourth-order valence-corrected chi connectivity index (χ4v) is 2.11. The topological polar surface area (TPSA) is 24.4 Å². The molecule has 0 fully saturated rings. The monoisotopic (exact) mass is 260 g/mol. The highest BCUT2D eigenvalue weighted by Gasteiger charge is 2.12. The van der Waals surface area contributed by atoms with Gasteiger partial charge >= 0.3 is 0 Å². The highest BCUT2D eigenvalue weighted by molar-refractivity contribution is 5.81. The van der Waals surface area contributed by atoms with Gasteiger partial charge in [0.05, 0.1) is 0 Å². The Morgan fingerprint density at radius 1 is 1.26 bits per heavy atom. The van der Waals surface area contributed by atoms with Gasteiger partial charge in [0.2, 0.25) is 0 Å². The Bertz CT molecular complexity index is 373. The van der Waals surface area contributed by atoms with Gasteiger partial charge < -0.3 is 5.32 Å². The number of aliphatic imine (C=N–C) groups is 1. The molecule has 0 spiro atoms. The Balaban J connectivity index is 5.19. The number of hydrogen-bond donors (Lipinski definition) is 1. The van der Waals surface area contributed by atoms with E-state index in [9.17, 15) is 0 Å². The second-order valence-electron chi connectivity index (χ2n) is 4.62. The summed E-state index contributed by atoms with van der Waals surface area (Å²) in [5.41, 5.74) is 2.59. The van der Waals surface area contributed by atoms with Gasteiger partial charge in [-0.15, -0.1) is 0 Å². The number of amidine groups is 1. The Labute approximate surface area is 118 Å². The molecule has 0 rings (SSSR count). The number of rotatable bonds is 8. The molecule has 2 nitrogen and oxygen atoms in total. The fourth-order valence-electron chi connectivity index (χ4n) is 2.11. The van der Waals surface area contributed by atoms with Gasteiger partial charge in [-0.2, -0.15) is 0 Å². The molecule has 19 heavy (non-hydrogen) atoms. The van der Waals surface area contributed by atoms with Crippen LogP contribution in [0.5, 0.6) is 0 Å². The van der Waals surface area contributed by atoms with Crippen LogP contribution in [0.25, 0.3) is 0 Å². The fraction of sp³-hybridized carbons (Fsp3) is 0.471. The molecule has 2 heteroatoms. The molecule has 1 unspecified atom stereocenters. The van der Waals surface area contributed by atoms with Gasteiger partial charge in [0.1, 0.15) is 5.84 Å². The third kappa shape index (κ3) is 6.80. The standard InChI is InChI=1S/C17H28N2/c1-7-11-14(5)17(16(9-3)12-8-2)13-19-15(6)18-10-4/h7,10-11,13,16H,1,4,8-9,12H2,2-3,5-6H3,(H,18,19)/b14-11+,17-13+. The lowest BCUT2D eigenvalue weighted by Crippen LogP contribution is -2.16. The molecule has 1 N–H and O–H groups in total. The number of nitrogens with one attached hydrogen (secondary N) is 1. The molecule has 0 saturated carbocycles. The Morgan fingerprint density at radius 3 is 2.42 bits per heavy atom. The normalized spacial score (nSPS) is 15.1. The highest BCUT2D eigenvalue weighted by atomic mass is 15.0. The van der Waals surface area contributed by atoms with Crippen molar-refractivity contribution >= 4 is 5.84 Å². The van der Waals surface area contributed by atoms with E-state index >= 15 is 0 Å². The van der Waals surface area contributed by atoms with Crippen LogP contribution in [0.2, 0.25) is 0 Å². The molecule has 0 heterocycles. The lowest BCUT2D eigenvalue weighted by Gasteiger charge is -2.19. The first-order valence-corrected chi connectivity index (χ1v) is 7.02. The van der Waals surface area contributed by atoms with Crippen LogP contribution in [0.1, 0.15) is 47.0 Å². The largest absolute Gasteiger partial charge is 0.350 e. The predicted molar refractivity (Wildman–Crippen MR) is 87.2 cm³/mol. The minimum atomic E-state index is 0.574. The van der Waals surface area contributed by atoms with E-state index in [1.54, 1.807) is 6.20 Å². The van der Waals surface area contributed by atoms with Crippen LogP contribution in [0, 0.1) is 5.92 Å². The summed E-state index contributed by atoms with van der Waals surface area (Å²) in [6.07, 6.45) is 11.0. The Morgan fingerprint density at radius 2 is 1.95 bits per heavy atom. The van der Waals surface area contributed by atoms with Crippen molar-refractivity contribution in [3.05, 3.63) is 48.9 Å². The van der Waals surface area contributed by atoms with Crippen LogP contribution < -0.4 is 5.32 Å². The second kappa shape index (κ2) is 10.4. The number of allylic oxidation sites excluding steroid dienone is 4. The third-order valence-electron chi connectivity index (χ3n) is 3.11. The highest BCUT2D eigenvalue weighted by Crippen LogP contribution is 2.26. The molecule has 0 amide bonds. The summed E-state index contributed by atoms with van der Waals surface area (Å²) in [5, 5.41) is 3.24. The molecule has 0 aliphatic carbocycles. The second-order valence-corrected chi connectivity index (χ2v) is 4.62.